The second-order valence-electron chi connectivity index (χ2n) is 8.33. The molecule has 6 rings (SSSR count). The van der Waals surface area contributed by atoms with E-state index in [4.69, 9.17) is 15.2 Å². The van der Waals surface area contributed by atoms with E-state index in [2.05, 4.69) is 25.4 Å². The Morgan fingerprint density at radius 3 is 2.85 bits per heavy atom. The fraction of sp³-hybridized carbons (Fsp3) is 0.304. The number of nitrogens with zero attached hydrogens (tertiary/aromatic N) is 5. The van der Waals surface area contributed by atoms with E-state index in [9.17, 15) is 8.78 Å². The molecule has 1 fully saturated rings. The maximum atomic E-state index is 14.4. The van der Waals surface area contributed by atoms with Crippen molar-refractivity contribution in [3.63, 3.8) is 0 Å². The molecular formula is C23H21F2N7O2. The molecule has 0 spiro atoms. The normalized spacial score (nSPS) is 19.7. The average Bonchev–Trinajstić information content (AvgIpc) is 3.43. The SMILES string of the molecule is Nc1nc(NC2COc3cc(F)cc(F)c32)nc(-c2ccc3cnn(C4CCCCO4)c3c2)n1. The first kappa shape index (κ1) is 20.7. The fourth-order valence-corrected chi connectivity index (χ4v) is 4.45. The van der Waals surface area contributed by atoms with Crippen LogP contribution >= 0.6 is 0 Å². The van der Waals surface area contributed by atoms with Crippen molar-refractivity contribution in [2.75, 3.05) is 24.3 Å². The number of nitrogen functional groups attached to an aromatic ring is 1. The van der Waals surface area contributed by atoms with Crippen LogP contribution in [0, 0.1) is 11.6 Å². The average molecular weight is 465 g/mol. The summed E-state index contributed by atoms with van der Waals surface area (Å²) in [5.41, 5.74) is 7.81. The lowest BCUT2D eigenvalue weighted by Crippen LogP contribution is -2.19. The summed E-state index contributed by atoms with van der Waals surface area (Å²) in [7, 11) is 0. The van der Waals surface area contributed by atoms with E-state index in [1.165, 1.54) is 0 Å². The molecular weight excluding hydrogens is 444 g/mol. The van der Waals surface area contributed by atoms with E-state index in [1.54, 1.807) is 6.20 Å². The molecule has 2 aromatic carbocycles. The molecule has 0 radical (unpaired) electrons. The minimum absolute atomic E-state index is 0.00966. The third-order valence-electron chi connectivity index (χ3n) is 6.05. The van der Waals surface area contributed by atoms with Gasteiger partial charge in [0, 0.05) is 29.7 Å². The van der Waals surface area contributed by atoms with Crippen LogP contribution in [0.15, 0.2) is 36.5 Å². The Bertz CT molecular complexity index is 1390. The maximum absolute atomic E-state index is 14.4. The van der Waals surface area contributed by atoms with Gasteiger partial charge in [0.1, 0.15) is 24.0 Å². The van der Waals surface area contributed by atoms with Gasteiger partial charge in [0.25, 0.3) is 0 Å². The van der Waals surface area contributed by atoms with Gasteiger partial charge in [0.2, 0.25) is 11.9 Å². The number of hydrogen-bond donors (Lipinski definition) is 2. The van der Waals surface area contributed by atoms with Crippen LogP contribution in [0.1, 0.15) is 37.1 Å². The fourth-order valence-electron chi connectivity index (χ4n) is 4.45. The van der Waals surface area contributed by atoms with Gasteiger partial charge in [-0.3, -0.25) is 0 Å². The highest BCUT2D eigenvalue weighted by Gasteiger charge is 2.29. The quantitative estimate of drug-likeness (QED) is 0.465. The van der Waals surface area contributed by atoms with Crippen LogP contribution in [-0.4, -0.2) is 37.9 Å². The predicted octanol–water partition coefficient (Wildman–Crippen LogP) is 3.99. The molecule has 11 heteroatoms. The Morgan fingerprint density at radius 1 is 1.09 bits per heavy atom. The first-order valence-electron chi connectivity index (χ1n) is 11.0. The Kier molecular flexibility index (Phi) is 4.98. The second kappa shape index (κ2) is 8.17. The lowest BCUT2D eigenvalue weighted by molar-refractivity contribution is -0.0366. The number of anilines is 2. The van der Waals surface area contributed by atoms with Crippen molar-refractivity contribution in [2.24, 2.45) is 0 Å². The van der Waals surface area contributed by atoms with Crippen molar-refractivity contribution < 1.29 is 18.3 Å². The predicted molar refractivity (Wildman–Crippen MR) is 120 cm³/mol. The standard InChI is InChI=1S/C23H21F2N7O2/c24-14-8-15(25)20-16(11-34-18(20)9-14)28-23-30-21(29-22(26)31-23)12-4-5-13-10-27-32(17(13)7-12)19-3-1-2-6-33-19/h4-5,7-10,16,19H,1-3,6,11H2,(H3,26,28,29,30,31). The highest BCUT2D eigenvalue weighted by Crippen LogP contribution is 2.37. The zero-order valence-corrected chi connectivity index (χ0v) is 18.0. The number of halogens is 2. The molecule has 0 saturated carbocycles. The maximum Gasteiger partial charge on any atom is 0.228 e. The van der Waals surface area contributed by atoms with Crippen LogP contribution in [0.3, 0.4) is 0 Å². The molecule has 1 saturated heterocycles. The third-order valence-corrected chi connectivity index (χ3v) is 6.05. The van der Waals surface area contributed by atoms with Crippen molar-refractivity contribution >= 4 is 22.8 Å². The van der Waals surface area contributed by atoms with Gasteiger partial charge in [-0.15, -0.1) is 0 Å². The van der Waals surface area contributed by atoms with Gasteiger partial charge in [0.05, 0.1) is 23.3 Å². The number of fused-ring (bicyclic) bond motifs is 2. The summed E-state index contributed by atoms with van der Waals surface area (Å²) in [5.74, 6) is -0.714. The van der Waals surface area contributed by atoms with Gasteiger partial charge in [-0.1, -0.05) is 12.1 Å². The number of ether oxygens (including phenoxy) is 2. The van der Waals surface area contributed by atoms with Crippen molar-refractivity contribution in [1.82, 2.24) is 24.7 Å². The van der Waals surface area contributed by atoms with Gasteiger partial charge < -0.3 is 20.5 Å². The minimum Gasteiger partial charge on any atom is -0.490 e. The van der Waals surface area contributed by atoms with E-state index in [0.717, 1.165) is 47.9 Å². The van der Waals surface area contributed by atoms with Crippen molar-refractivity contribution in [2.45, 2.75) is 31.5 Å². The van der Waals surface area contributed by atoms with E-state index in [1.807, 2.05) is 22.9 Å². The largest absolute Gasteiger partial charge is 0.490 e. The first-order chi connectivity index (χ1) is 16.5. The molecule has 2 unspecified atom stereocenters. The molecule has 9 nitrogen and oxygen atoms in total. The van der Waals surface area contributed by atoms with Gasteiger partial charge in [-0.2, -0.15) is 20.1 Å². The zero-order chi connectivity index (χ0) is 23.2. The Morgan fingerprint density at radius 2 is 2.00 bits per heavy atom. The molecule has 2 aromatic heterocycles. The van der Waals surface area contributed by atoms with Crippen LogP contribution < -0.4 is 15.8 Å². The van der Waals surface area contributed by atoms with Gasteiger partial charge in [0.15, 0.2) is 12.1 Å². The van der Waals surface area contributed by atoms with E-state index in [0.29, 0.717) is 12.4 Å². The van der Waals surface area contributed by atoms with Crippen LogP contribution in [0.25, 0.3) is 22.3 Å². The highest BCUT2D eigenvalue weighted by molar-refractivity contribution is 5.83. The molecule has 0 amide bonds. The van der Waals surface area contributed by atoms with E-state index < -0.39 is 17.7 Å². The lowest BCUT2D eigenvalue weighted by Gasteiger charge is -2.23. The van der Waals surface area contributed by atoms with Crippen LogP contribution in [0.5, 0.6) is 5.75 Å². The van der Waals surface area contributed by atoms with Crippen molar-refractivity contribution in [1.29, 1.82) is 0 Å². The Balaban J connectivity index is 1.33. The molecule has 4 aromatic rings. The summed E-state index contributed by atoms with van der Waals surface area (Å²) in [6, 6.07) is 7.14. The summed E-state index contributed by atoms with van der Waals surface area (Å²) >= 11 is 0. The van der Waals surface area contributed by atoms with E-state index >= 15 is 0 Å². The number of hydrogen-bond acceptors (Lipinski definition) is 8. The number of nitrogens with one attached hydrogen (secondary N) is 1. The molecule has 0 bridgehead atoms. The molecule has 0 aliphatic carbocycles. The summed E-state index contributed by atoms with van der Waals surface area (Å²) in [5, 5.41) is 8.53. The number of rotatable bonds is 4. The van der Waals surface area contributed by atoms with Crippen molar-refractivity contribution in [3.05, 3.63) is 53.7 Å². The number of benzene rings is 2. The third kappa shape index (κ3) is 3.67. The second-order valence-corrected chi connectivity index (χ2v) is 8.33. The first-order valence-corrected chi connectivity index (χ1v) is 11.0. The monoisotopic (exact) mass is 465 g/mol. The molecule has 2 aliphatic rings. The van der Waals surface area contributed by atoms with Gasteiger partial charge in [-0.25, -0.2) is 13.5 Å². The minimum atomic E-state index is -0.698. The highest BCUT2D eigenvalue weighted by atomic mass is 19.1. The van der Waals surface area contributed by atoms with Gasteiger partial charge in [-0.05, 0) is 25.3 Å². The molecule has 174 valence electrons. The Hall–Kier alpha value is -3.86. The summed E-state index contributed by atoms with van der Waals surface area (Å²) in [4.78, 5) is 12.9. The molecule has 34 heavy (non-hydrogen) atoms. The molecule has 3 N–H and O–H groups in total. The van der Waals surface area contributed by atoms with E-state index in [-0.39, 0.29) is 36.0 Å². The molecule has 2 atom stereocenters. The Labute approximate surface area is 192 Å². The number of nitrogens with two attached hydrogens (primary N) is 1. The van der Waals surface area contributed by atoms with Crippen LogP contribution in [0.4, 0.5) is 20.7 Å². The van der Waals surface area contributed by atoms with Crippen LogP contribution in [-0.2, 0) is 4.74 Å². The molecule has 4 heterocycles. The number of aromatic nitrogens is 5. The van der Waals surface area contributed by atoms with Crippen molar-refractivity contribution in [3.8, 4) is 17.1 Å². The lowest BCUT2D eigenvalue weighted by atomic mass is 10.1. The van der Waals surface area contributed by atoms with Gasteiger partial charge >= 0.3 is 0 Å². The summed E-state index contributed by atoms with van der Waals surface area (Å²) < 4.78 is 41.1. The van der Waals surface area contributed by atoms with Crippen LogP contribution in [0.2, 0.25) is 0 Å². The zero-order valence-electron chi connectivity index (χ0n) is 18.0. The smallest absolute Gasteiger partial charge is 0.228 e. The summed E-state index contributed by atoms with van der Waals surface area (Å²) in [6.07, 6.45) is 4.74. The molecule has 2 aliphatic heterocycles. The topological polar surface area (TPSA) is 113 Å². The summed E-state index contributed by atoms with van der Waals surface area (Å²) in [6.45, 7) is 0.815.